The zero-order chi connectivity index (χ0) is 14.8. The molecular weight excluding hydrogens is 279 g/mol. The fourth-order valence-corrected chi connectivity index (χ4v) is 3.30. The molecule has 21 heavy (non-hydrogen) atoms. The van der Waals surface area contributed by atoms with E-state index in [2.05, 4.69) is 31.2 Å². The first kappa shape index (κ1) is 14.0. The van der Waals surface area contributed by atoms with E-state index in [9.17, 15) is 4.39 Å². The molecule has 1 heterocycles. The molecule has 106 valence electrons. The van der Waals surface area contributed by atoms with Crippen molar-refractivity contribution in [1.29, 1.82) is 0 Å². The summed E-state index contributed by atoms with van der Waals surface area (Å²) in [6.45, 7) is 4.17. The fourth-order valence-electron chi connectivity index (χ4n) is 2.41. The lowest BCUT2D eigenvalue weighted by atomic mass is 10.0. The first-order valence-corrected chi connectivity index (χ1v) is 7.94. The van der Waals surface area contributed by atoms with Crippen molar-refractivity contribution in [3.63, 3.8) is 0 Å². The van der Waals surface area contributed by atoms with Crippen LogP contribution in [0.2, 0.25) is 0 Å². The van der Waals surface area contributed by atoms with E-state index >= 15 is 0 Å². The topological polar surface area (TPSA) is 0 Å². The Bertz CT molecular complexity index is 753. The van der Waals surface area contributed by atoms with E-state index in [-0.39, 0.29) is 5.82 Å². The van der Waals surface area contributed by atoms with Crippen LogP contribution in [0.1, 0.15) is 17.4 Å². The van der Waals surface area contributed by atoms with Crippen molar-refractivity contribution in [2.24, 2.45) is 0 Å². The van der Waals surface area contributed by atoms with Gasteiger partial charge in [0.2, 0.25) is 0 Å². The Balaban J connectivity index is 1.96. The maximum absolute atomic E-state index is 14.4. The summed E-state index contributed by atoms with van der Waals surface area (Å²) in [5.74, 6) is -0.158. The molecule has 0 atom stereocenters. The summed E-state index contributed by atoms with van der Waals surface area (Å²) < 4.78 is 14.4. The van der Waals surface area contributed by atoms with E-state index in [1.807, 2.05) is 31.2 Å². The zero-order valence-electron chi connectivity index (χ0n) is 12.2. The van der Waals surface area contributed by atoms with Gasteiger partial charge in [0.1, 0.15) is 5.82 Å². The molecule has 0 N–H and O–H groups in total. The molecular formula is C19H17FS. The second-order valence-corrected chi connectivity index (χ2v) is 6.44. The average Bonchev–Trinajstić information content (AvgIpc) is 2.93. The lowest BCUT2D eigenvalue weighted by Gasteiger charge is -2.06. The van der Waals surface area contributed by atoms with Gasteiger partial charge in [0, 0.05) is 15.3 Å². The van der Waals surface area contributed by atoms with Crippen LogP contribution in [0.4, 0.5) is 4.39 Å². The summed E-state index contributed by atoms with van der Waals surface area (Å²) in [6.07, 6.45) is 1.02. The van der Waals surface area contributed by atoms with Crippen molar-refractivity contribution in [2.45, 2.75) is 20.3 Å². The number of rotatable bonds is 3. The second-order valence-electron chi connectivity index (χ2n) is 5.16. The molecule has 2 heteroatoms. The number of thiophene rings is 1. The normalized spacial score (nSPS) is 10.8. The van der Waals surface area contributed by atoms with Gasteiger partial charge in [0.25, 0.3) is 0 Å². The molecule has 3 rings (SSSR count). The highest BCUT2D eigenvalue weighted by atomic mass is 32.1. The third-order valence-corrected chi connectivity index (χ3v) is 4.70. The van der Waals surface area contributed by atoms with Crippen LogP contribution in [0.15, 0.2) is 54.6 Å². The van der Waals surface area contributed by atoms with Crippen molar-refractivity contribution >= 4 is 11.3 Å². The third-order valence-electron chi connectivity index (χ3n) is 3.67. The monoisotopic (exact) mass is 296 g/mol. The Morgan fingerprint density at radius 1 is 0.905 bits per heavy atom. The minimum atomic E-state index is -0.158. The molecule has 1 aromatic heterocycles. The molecule has 0 spiro atoms. The summed E-state index contributed by atoms with van der Waals surface area (Å²) in [5.41, 5.74) is 3.96. The van der Waals surface area contributed by atoms with E-state index in [0.29, 0.717) is 5.56 Å². The van der Waals surface area contributed by atoms with Gasteiger partial charge >= 0.3 is 0 Å². The van der Waals surface area contributed by atoms with E-state index in [1.54, 1.807) is 17.4 Å². The maximum atomic E-state index is 14.4. The Kier molecular flexibility index (Phi) is 3.89. The molecule has 3 aromatic rings. The van der Waals surface area contributed by atoms with Gasteiger partial charge in [-0.2, -0.15) is 0 Å². The fraction of sp³-hybridized carbons (Fsp3) is 0.158. The smallest absolute Gasteiger partial charge is 0.132 e. The first-order valence-electron chi connectivity index (χ1n) is 7.13. The van der Waals surface area contributed by atoms with E-state index in [4.69, 9.17) is 0 Å². The lowest BCUT2D eigenvalue weighted by Crippen LogP contribution is -1.86. The standard InChI is InChI=1S/C19H17FS/c1-3-14-5-7-15(8-6-14)16-9-10-17(18(20)12-16)19-11-4-13(2)21-19/h4-12H,3H2,1-2H3. The molecule has 0 fully saturated rings. The Labute approximate surface area is 128 Å². The van der Waals surface area contributed by atoms with Gasteiger partial charge in [0.15, 0.2) is 0 Å². The zero-order valence-corrected chi connectivity index (χ0v) is 13.0. The molecule has 0 radical (unpaired) electrons. The highest BCUT2D eigenvalue weighted by Crippen LogP contribution is 2.32. The molecule has 0 aliphatic heterocycles. The summed E-state index contributed by atoms with van der Waals surface area (Å²) in [5, 5.41) is 0. The van der Waals surface area contributed by atoms with Crippen LogP contribution >= 0.6 is 11.3 Å². The van der Waals surface area contributed by atoms with Crippen LogP contribution in [0, 0.1) is 12.7 Å². The van der Waals surface area contributed by atoms with E-state index in [0.717, 1.165) is 22.4 Å². The minimum Gasteiger partial charge on any atom is -0.206 e. The van der Waals surface area contributed by atoms with Gasteiger partial charge < -0.3 is 0 Å². The molecule has 0 saturated heterocycles. The predicted octanol–water partition coefficient (Wildman–Crippen LogP) is 6.09. The van der Waals surface area contributed by atoms with Crippen molar-refractivity contribution < 1.29 is 4.39 Å². The van der Waals surface area contributed by atoms with Crippen molar-refractivity contribution in [3.8, 4) is 21.6 Å². The molecule has 2 aromatic carbocycles. The Morgan fingerprint density at radius 3 is 2.19 bits per heavy atom. The summed E-state index contributed by atoms with van der Waals surface area (Å²) >= 11 is 1.62. The number of benzene rings is 2. The largest absolute Gasteiger partial charge is 0.206 e. The van der Waals surface area contributed by atoms with Crippen LogP contribution in [0.25, 0.3) is 21.6 Å². The highest BCUT2D eigenvalue weighted by Gasteiger charge is 2.09. The molecule has 0 nitrogen and oxygen atoms in total. The van der Waals surface area contributed by atoms with Gasteiger partial charge in [-0.25, -0.2) is 4.39 Å². The number of halogens is 1. The Morgan fingerprint density at radius 2 is 1.62 bits per heavy atom. The third kappa shape index (κ3) is 2.91. The summed E-state index contributed by atoms with van der Waals surface area (Å²) in [7, 11) is 0. The number of hydrogen-bond donors (Lipinski definition) is 0. The van der Waals surface area contributed by atoms with Crippen molar-refractivity contribution in [1.82, 2.24) is 0 Å². The van der Waals surface area contributed by atoms with Crippen LogP contribution in [-0.4, -0.2) is 0 Å². The quantitative estimate of drug-likeness (QED) is 0.548. The summed E-state index contributed by atoms with van der Waals surface area (Å²) in [6, 6.07) is 17.8. The molecule has 0 amide bonds. The van der Waals surface area contributed by atoms with Gasteiger partial charge in [-0.1, -0.05) is 37.3 Å². The van der Waals surface area contributed by atoms with Crippen molar-refractivity contribution in [2.75, 3.05) is 0 Å². The van der Waals surface area contributed by atoms with Crippen LogP contribution in [-0.2, 0) is 6.42 Å². The Hall–Kier alpha value is -1.93. The highest BCUT2D eigenvalue weighted by molar-refractivity contribution is 7.15. The molecule has 0 unspecified atom stereocenters. The minimum absolute atomic E-state index is 0.158. The van der Waals surface area contributed by atoms with E-state index in [1.165, 1.54) is 10.4 Å². The van der Waals surface area contributed by atoms with Gasteiger partial charge in [-0.15, -0.1) is 11.3 Å². The van der Waals surface area contributed by atoms with Crippen LogP contribution < -0.4 is 0 Å². The van der Waals surface area contributed by atoms with Gasteiger partial charge in [0.05, 0.1) is 0 Å². The first-order chi connectivity index (χ1) is 10.2. The molecule has 0 aliphatic carbocycles. The van der Waals surface area contributed by atoms with E-state index < -0.39 is 0 Å². The predicted molar refractivity (Wildman–Crippen MR) is 89.3 cm³/mol. The summed E-state index contributed by atoms with van der Waals surface area (Å²) in [4.78, 5) is 2.18. The maximum Gasteiger partial charge on any atom is 0.132 e. The van der Waals surface area contributed by atoms with Crippen molar-refractivity contribution in [3.05, 3.63) is 70.9 Å². The van der Waals surface area contributed by atoms with Gasteiger partial charge in [-0.3, -0.25) is 0 Å². The average molecular weight is 296 g/mol. The lowest BCUT2D eigenvalue weighted by molar-refractivity contribution is 0.632. The molecule has 0 aliphatic rings. The number of hydrogen-bond acceptors (Lipinski definition) is 1. The van der Waals surface area contributed by atoms with Crippen LogP contribution in [0.5, 0.6) is 0 Å². The second kappa shape index (κ2) is 5.82. The number of aryl methyl sites for hydroxylation is 2. The molecule has 0 bridgehead atoms. The van der Waals surface area contributed by atoms with Gasteiger partial charge in [-0.05, 0) is 54.3 Å². The SMILES string of the molecule is CCc1ccc(-c2ccc(-c3ccc(C)s3)c(F)c2)cc1. The molecule has 0 saturated carbocycles. The van der Waals surface area contributed by atoms with Crippen LogP contribution in [0.3, 0.4) is 0 Å².